The summed E-state index contributed by atoms with van der Waals surface area (Å²) in [5.74, 6) is -0.501. The van der Waals surface area contributed by atoms with Crippen molar-refractivity contribution in [2.24, 2.45) is 0 Å². The largest absolute Gasteiger partial charge is 0.490 e. The molecule has 6 heteroatoms. The van der Waals surface area contributed by atoms with Gasteiger partial charge in [-0.1, -0.05) is 11.6 Å². The van der Waals surface area contributed by atoms with Crippen molar-refractivity contribution in [1.29, 1.82) is 0 Å². The molecule has 1 amide bonds. The number of ether oxygens (including phenoxy) is 1. The van der Waals surface area contributed by atoms with Crippen LogP contribution in [0.5, 0.6) is 5.75 Å². The molecule has 0 spiro atoms. The van der Waals surface area contributed by atoms with Crippen LogP contribution in [0, 0.1) is 0 Å². The monoisotopic (exact) mass is 339 g/mol. The van der Waals surface area contributed by atoms with E-state index in [0.29, 0.717) is 35.7 Å². The molecule has 5 nitrogen and oxygen atoms in total. The summed E-state index contributed by atoms with van der Waals surface area (Å²) in [6, 6.07) is 5.06. The third-order valence-corrected chi connectivity index (χ3v) is 4.12. The molecule has 1 aromatic rings. The van der Waals surface area contributed by atoms with Crippen molar-refractivity contribution < 1.29 is 19.4 Å². The van der Waals surface area contributed by atoms with Crippen LogP contribution in [0.4, 0.5) is 0 Å². The number of hydrogen-bond acceptors (Lipinski definition) is 3. The number of nitrogens with one attached hydrogen (secondary N) is 1. The summed E-state index contributed by atoms with van der Waals surface area (Å²) in [4.78, 5) is 22.8. The number of carboxylic acid groups (broad SMARTS) is 1. The Labute approximate surface area is 141 Å². The van der Waals surface area contributed by atoms with Crippen LogP contribution in [-0.4, -0.2) is 29.6 Å². The molecule has 1 aromatic carbocycles. The third-order valence-electron chi connectivity index (χ3n) is 3.89. The number of halogens is 1. The molecule has 1 aliphatic rings. The van der Waals surface area contributed by atoms with E-state index in [0.717, 1.165) is 25.7 Å². The molecule has 0 atom stereocenters. The minimum Gasteiger partial charge on any atom is -0.490 e. The van der Waals surface area contributed by atoms with Gasteiger partial charge in [0.05, 0.1) is 11.7 Å². The first-order chi connectivity index (χ1) is 11.1. The van der Waals surface area contributed by atoms with Crippen LogP contribution in [-0.2, 0) is 4.79 Å². The van der Waals surface area contributed by atoms with Crippen LogP contribution in [0.3, 0.4) is 0 Å². The Kier molecular flexibility index (Phi) is 6.71. The van der Waals surface area contributed by atoms with Crippen molar-refractivity contribution in [3.05, 3.63) is 28.8 Å². The highest BCUT2D eigenvalue weighted by molar-refractivity contribution is 6.31. The normalized spacial score (nSPS) is 14.7. The fraction of sp³-hybridized carbons (Fsp3) is 0.529. The lowest BCUT2D eigenvalue weighted by atomic mass is 10.1. The molecule has 0 radical (unpaired) electrons. The van der Waals surface area contributed by atoms with E-state index in [2.05, 4.69) is 5.32 Å². The number of carboxylic acids is 1. The Bertz CT molecular complexity index is 556. The molecule has 126 valence electrons. The molecule has 0 unspecified atom stereocenters. The Morgan fingerprint density at radius 1 is 1.26 bits per heavy atom. The second-order valence-electron chi connectivity index (χ2n) is 5.77. The molecule has 0 heterocycles. The SMILES string of the molecule is O=C(O)CCCCNC(=O)c1cc(Cl)ccc1OC1CCCC1. The van der Waals surface area contributed by atoms with E-state index in [9.17, 15) is 9.59 Å². The molecule has 0 bridgehead atoms. The fourth-order valence-electron chi connectivity index (χ4n) is 2.67. The third kappa shape index (κ3) is 5.75. The number of amides is 1. The number of benzene rings is 1. The standard InChI is InChI=1S/C17H22ClNO4/c18-12-8-9-15(23-13-5-1-2-6-13)14(11-12)17(22)19-10-4-3-7-16(20)21/h8-9,11,13H,1-7,10H2,(H,19,22)(H,20,21). The zero-order valence-corrected chi connectivity index (χ0v) is 13.8. The lowest BCUT2D eigenvalue weighted by molar-refractivity contribution is -0.137. The summed E-state index contributed by atoms with van der Waals surface area (Å²) in [6.07, 6.45) is 5.78. The van der Waals surface area contributed by atoms with Crippen molar-refractivity contribution in [2.75, 3.05) is 6.54 Å². The number of carbonyl (C=O) groups is 2. The maximum absolute atomic E-state index is 12.3. The highest BCUT2D eigenvalue weighted by atomic mass is 35.5. The molecule has 2 N–H and O–H groups in total. The van der Waals surface area contributed by atoms with Gasteiger partial charge in [0.25, 0.3) is 5.91 Å². The van der Waals surface area contributed by atoms with Gasteiger partial charge in [-0.3, -0.25) is 9.59 Å². The minimum absolute atomic E-state index is 0.114. The minimum atomic E-state index is -0.821. The van der Waals surface area contributed by atoms with Crippen molar-refractivity contribution in [1.82, 2.24) is 5.32 Å². The van der Waals surface area contributed by atoms with Gasteiger partial charge in [-0.15, -0.1) is 0 Å². The van der Waals surface area contributed by atoms with E-state index in [-0.39, 0.29) is 18.4 Å². The number of aliphatic carboxylic acids is 1. The average Bonchev–Trinajstić information content (AvgIpc) is 3.01. The van der Waals surface area contributed by atoms with Gasteiger partial charge in [0.1, 0.15) is 5.75 Å². The first-order valence-corrected chi connectivity index (χ1v) is 8.40. The van der Waals surface area contributed by atoms with Gasteiger partial charge in [0.2, 0.25) is 0 Å². The van der Waals surface area contributed by atoms with Crippen molar-refractivity contribution >= 4 is 23.5 Å². The van der Waals surface area contributed by atoms with Gasteiger partial charge < -0.3 is 15.2 Å². The van der Waals surface area contributed by atoms with Gasteiger partial charge in [0, 0.05) is 18.0 Å². The number of carbonyl (C=O) groups excluding carboxylic acids is 1. The quantitative estimate of drug-likeness (QED) is 0.709. The maximum Gasteiger partial charge on any atom is 0.303 e. The second kappa shape index (κ2) is 8.77. The molecule has 1 saturated carbocycles. The van der Waals surface area contributed by atoms with Gasteiger partial charge in [-0.2, -0.15) is 0 Å². The van der Waals surface area contributed by atoms with Crippen LogP contribution >= 0.6 is 11.6 Å². The lowest BCUT2D eigenvalue weighted by Gasteiger charge is -2.16. The van der Waals surface area contributed by atoms with E-state index >= 15 is 0 Å². The second-order valence-corrected chi connectivity index (χ2v) is 6.21. The molecular weight excluding hydrogens is 318 g/mol. The first kappa shape index (κ1) is 17.6. The summed E-state index contributed by atoms with van der Waals surface area (Å²) in [5, 5.41) is 11.9. The van der Waals surface area contributed by atoms with Crippen LogP contribution in [0.2, 0.25) is 5.02 Å². The molecule has 1 aliphatic carbocycles. The average molecular weight is 340 g/mol. The summed E-state index contributed by atoms with van der Waals surface area (Å²) >= 11 is 6.00. The van der Waals surface area contributed by atoms with Crippen LogP contribution in [0.1, 0.15) is 55.3 Å². The van der Waals surface area contributed by atoms with Crippen LogP contribution in [0.15, 0.2) is 18.2 Å². The fourth-order valence-corrected chi connectivity index (χ4v) is 2.84. The van der Waals surface area contributed by atoms with Gasteiger partial charge in [0.15, 0.2) is 0 Å². The summed E-state index contributed by atoms with van der Waals surface area (Å²) in [5.41, 5.74) is 0.433. The number of rotatable bonds is 8. The zero-order valence-electron chi connectivity index (χ0n) is 13.0. The van der Waals surface area contributed by atoms with E-state index in [1.807, 2.05) is 0 Å². The Morgan fingerprint density at radius 2 is 2.00 bits per heavy atom. The molecular formula is C17H22ClNO4. The Balaban J connectivity index is 1.92. The lowest BCUT2D eigenvalue weighted by Crippen LogP contribution is -2.26. The van der Waals surface area contributed by atoms with Crippen LogP contribution in [0.25, 0.3) is 0 Å². The van der Waals surface area contributed by atoms with Gasteiger partial charge >= 0.3 is 5.97 Å². The summed E-state index contributed by atoms with van der Waals surface area (Å²) in [6.45, 7) is 0.432. The molecule has 23 heavy (non-hydrogen) atoms. The molecule has 0 aliphatic heterocycles. The number of hydrogen-bond donors (Lipinski definition) is 2. The predicted octanol–water partition coefficient (Wildman–Crippen LogP) is 3.65. The molecule has 0 saturated heterocycles. The highest BCUT2D eigenvalue weighted by Gasteiger charge is 2.20. The van der Waals surface area contributed by atoms with Gasteiger partial charge in [-0.05, 0) is 56.7 Å². The van der Waals surface area contributed by atoms with E-state index in [1.165, 1.54) is 0 Å². The Hall–Kier alpha value is -1.75. The van der Waals surface area contributed by atoms with Crippen molar-refractivity contribution in [3.8, 4) is 5.75 Å². The molecule has 2 rings (SSSR count). The zero-order chi connectivity index (χ0) is 16.7. The maximum atomic E-state index is 12.3. The summed E-state index contributed by atoms with van der Waals surface area (Å²) < 4.78 is 5.94. The molecule has 1 fully saturated rings. The number of unbranched alkanes of at least 4 members (excludes halogenated alkanes) is 1. The van der Waals surface area contributed by atoms with E-state index in [1.54, 1.807) is 18.2 Å². The van der Waals surface area contributed by atoms with E-state index < -0.39 is 5.97 Å². The summed E-state index contributed by atoms with van der Waals surface area (Å²) in [7, 11) is 0. The Morgan fingerprint density at radius 3 is 2.70 bits per heavy atom. The first-order valence-electron chi connectivity index (χ1n) is 8.02. The smallest absolute Gasteiger partial charge is 0.303 e. The van der Waals surface area contributed by atoms with Crippen molar-refractivity contribution in [2.45, 2.75) is 51.0 Å². The van der Waals surface area contributed by atoms with Gasteiger partial charge in [-0.25, -0.2) is 0 Å². The topological polar surface area (TPSA) is 75.6 Å². The highest BCUT2D eigenvalue weighted by Crippen LogP contribution is 2.28. The predicted molar refractivity (Wildman–Crippen MR) is 88.2 cm³/mol. The van der Waals surface area contributed by atoms with E-state index in [4.69, 9.17) is 21.4 Å². The van der Waals surface area contributed by atoms with Crippen LogP contribution < -0.4 is 10.1 Å². The van der Waals surface area contributed by atoms with Crippen molar-refractivity contribution in [3.63, 3.8) is 0 Å². The molecule has 0 aromatic heterocycles.